The van der Waals surface area contributed by atoms with E-state index in [0.717, 1.165) is 0 Å². The van der Waals surface area contributed by atoms with Crippen LogP contribution >= 0.6 is 11.6 Å². The summed E-state index contributed by atoms with van der Waals surface area (Å²) in [6, 6.07) is 12.7. The maximum atomic E-state index is 12.3. The van der Waals surface area contributed by atoms with Gasteiger partial charge in [0, 0.05) is 23.7 Å². The Morgan fingerprint density at radius 2 is 1.85 bits per heavy atom. The highest BCUT2D eigenvalue weighted by atomic mass is 35.5. The van der Waals surface area contributed by atoms with Crippen molar-refractivity contribution in [1.82, 2.24) is 0 Å². The van der Waals surface area contributed by atoms with E-state index in [9.17, 15) is 14.9 Å². The van der Waals surface area contributed by atoms with Crippen LogP contribution in [-0.2, 0) is 0 Å². The van der Waals surface area contributed by atoms with Gasteiger partial charge < -0.3 is 4.90 Å². The average Bonchev–Trinajstić information content (AvgIpc) is 2.46. The highest BCUT2D eigenvalue weighted by Gasteiger charge is 2.22. The minimum atomic E-state index is -0.541. The first-order valence-corrected chi connectivity index (χ1v) is 6.15. The molecule has 0 fully saturated rings. The minimum absolute atomic E-state index is 0.163. The van der Waals surface area contributed by atoms with Crippen LogP contribution in [0.4, 0.5) is 11.4 Å². The smallest absolute Gasteiger partial charge is 0.293 e. The second-order valence-corrected chi connectivity index (χ2v) is 4.56. The van der Waals surface area contributed by atoms with E-state index in [2.05, 4.69) is 0 Å². The Labute approximate surface area is 120 Å². The number of carbonyl (C=O) groups excluding carboxylic acids is 1. The lowest BCUT2D eigenvalue weighted by Crippen LogP contribution is -2.26. The van der Waals surface area contributed by atoms with E-state index in [0.29, 0.717) is 10.6 Å². The minimum Gasteiger partial charge on any atom is -0.305 e. The van der Waals surface area contributed by atoms with Crippen LogP contribution in [0.5, 0.6) is 0 Å². The summed E-state index contributed by atoms with van der Waals surface area (Å²) in [6.07, 6.45) is 0. The molecule has 0 aliphatic carbocycles. The summed E-state index contributed by atoms with van der Waals surface area (Å²) in [7, 11) is 1.48. The molecule has 0 radical (unpaired) electrons. The quantitative estimate of drug-likeness (QED) is 0.642. The molecule has 0 saturated carbocycles. The summed E-state index contributed by atoms with van der Waals surface area (Å²) >= 11 is 5.86. The lowest BCUT2D eigenvalue weighted by atomic mass is 10.2. The molecule has 0 saturated heterocycles. The number of benzene rings is 2. The lowest BCUT2D eigenvalue weighted by molar-refractivity contribution is -0.384. The van der Waals surface area contributed by atoms with Crippen LogP contribution in [0, 0.1) is 10.1 Å². The van der Waals surface area contributed by atoms with Crippen molar-refractivity contribution in [3.05, 3.63) is 69.2 Å². The van der Waals surface area contributed by atoms with Crippen molar-refractivity contribution in [1.29, 1.82) is 0 Å². The van der Waals surface area contributed by atoms with E-state index in [4.69, 9.17) is 11.6 Å². The Balaban J connectivity index is 2.43. The number of anilines is 1. The first-order chi connectivity index (χ1) is 9.50. The molecule has 5 nitrogen and oxygen atoms in total. The number of carbonyl (C=O) groups is 1. The van der Waals surface area contributed by atoms with Gasteiger partial charge in [-0.05, 0) is 24.3 Å². The zero-order chi connectivity index (χ0) is 14.7. The molecule has 2 aromatic carbocycles. The SMILES string of the molecule is CN(C(=O)c1ccccc1)c1cc(Cl)ccc1[N+](=O)[O-]. The van der Waals surface area contributed by atoms with Crippen LogP contribution < -0.4 is 4.90 Å². The van der Waals surface area contributed by atoms with Crippen LogP contribution in [0.25, 0.3) is 0 Å². The van der Waals surface area contributed by atoms with Crippen LogP contribution in [0.1, 0.15) is 10.4 Å². The predicted octanol–water partition coefficient (Wildman–Crippen LogP) is 3.52. The van der Waals surface area contributed by atoms with Crippen LogP contribution in [-0.4, -0.2) is 17.9 Å². The van der Waals surface area contributed by atoms with Crippen LogP contribution in [0.3, 0.4) is 0 Å². The van der Waals surface area contributed by atoms with E-state index in [-0.39, 0.29) is 17.3 Å². The van der Waals surface area contributed by atoms with Gasteiger partial charge in [-0.3, -0.25) is 14.9 Å². The molecule has 0 aliphatic rings. The van der Waals surface area contributed by atoms with Crippen molar-refractivity contribution in [2.24, 2.45) is 0 Å². The van der Waals surface area contributed by atoms with Crippen LogP contribution in [0.15, 0.2) is 48.5 Å². The summed E-state index contributed by atoms with van der Waals surface area (Å²) in [5.74, 6) is -0.337. The molecule has 20 heavy (non-hydrogen) atoms. The van der Waals surface area contributed by atoms with E-state index >= 15 is 0 Å². The largest absolute Gasteiger partial charge is 0.305 e. The molecule has 2 aromatic rings. The Bertz CT molecular complexity index is 659. The van der Waals surface area contributed by atoms with Gasteiger partial charge in [0.15, 0.2) is 0 Å². The zero-order valence-corrected chi connectivity index (χ0v) is 11.4. The second-order valence-electron chi connectivity index (χ2n) is 4.12. The Morgan fingerprint density at radius 1 is 1.20 bits per heavy atom. The number of hydrogen-bond donors (Lipinski definition) is 0. The van der Waals surface area contributed by atoms with Crippen molar-refractivity contribution >= 4 is 28.9 Å². The Morgan fingerprint density at radius 3 is 2.45 bits per heavy atom. The van der Waals surface area contributed by atoms with Crippen LogP contribution in [0.2, 0.25) is 5.02 Å². The third kappa shape index (κ3) is 2.78. The topological polar surface area (TPSA) is 63.5 Å². The van der Waals surface area contributed by atoms with E-state index in [1.54, 1.807) is 30.3 Å². The summed E-state index contributed by atoms with van der Waals surface area (Å²) in [5, 5.41) is 11.4. The molecule has 0 aliphatic heterocycles. The molecule has 0 atom stereocenters. The van der Waals surface area contributed by atoms with Gasteiger partial charge >= 0.3 is 0 Å². The number of halogens is 1. The maximum absolute atomic E-state index is 12.3. The summed E-state index contributed by atoms with van der Waals surface area (Å²) < 4.78 is 0. The molecular formula is C14H11ClN2O3. The molecule has 2 rings (SSSR count). The van der Waals surface area contributed by atoms with Gasteiger partial charge in [0.1, 0.15) is 5.69 Å². The molecule has 0 spiro atoms. The molecule has 6 heteroatoms. The number of amides is 1. The molecule has 0 unspecified atom stereocenters. The van der Waals surface area contributed by atoms with E-state index in [1.807, 2.05) is 0 Å². The highest BCUT2D eigenvalue weighted by molar-refractivity contribution is 6.31. The Hall–Kier alpha value is -2.40. The Kier molecular flexibility index (Phi) is 4.00. The average molecular weight is 291 g/mol. The molecule has 1 amide bonds. The van der Waals surface area contributed by atoms with Gasteiger partial charge in [-0.25, -0.2) is 0 Å². The van der Waals surface area contributed by atoms with Crippen molar-refractivity contribution in [2.75, 3.05) is 11.9 Å². The third-order valence-corrected chi connectivity index (χ3v) is 3.06. The lowest BCUT2D eigenvalue weighted by Gasteiger charge is -2.17. The first kappa shape index (κ1) is 14.0. The fourth-order valence-electron chi connectivity index (χ4n) is 1.80. The van der Waals surface area contributed by atoms with Crippen molar-refractivity contribution in [2.45, 2.75) is 0 Å². The predicted molar refractivity (Wildman–Crippen MR) is 77.3 cm³/mol. The van der Waals surface area contributed by atoms with Gasteiger partial charge in [-0.15, -0.1) is 0 Å². The molecule has 0 aromatic heterocycles. The first-order valence-electron chi connectivity index (χ1n) is 5.78. The van der Waals surface area contributed by atoms with E-state index in [1.165, 1.54) is 30.1 Å². The van der Waals surface area contributed by atoms with Gasteiger partial charge in [0.05, 0.1) is 4.92 Å². The molecule has 102 valence electrons. The number of rotatable bonds is 3. The molecule has 0 heterocycles. The van der Waals surface area contributed by atoms with Crippen molar-refractivity contribution in [3.8, 4) is 0 Å². The maximum Gasteiger partial charge on any atom is 0.293 e. The molecular weight excluding hydrogens is 280 g/mol. The second kappa shape index (κ2) is 5.71. The molecule has 0 N–H and O–H groups in total. The van der Waals surface area contributed by atoms with Gasteiger partial charge in [-0.2, -0.15) is 0 Å². The van der Waals surface area contributed by atoms with E-state index < -0.39 is 4.92 Å². The standard InChI is InChI=1S/C14H11ClN2O3/c1-16(14(18)10-5-3-2-4-6-10)13-9-11(15)7-8-12(13)17(19)20/h2-9H,1H3. The number of nitrogens with zero attached hydrogens (tertiary/aromatic N) is 2. The number of hydrogen-bond acceptors (Lipinski definition) is 3. The van der Waals surface area contributed by atoms with Crippen molar-refractivity contribution < 1.29 is 9.72 Å². The normalized spacial score (nSPS) is 10.1. The highest BCUT2D eigenvalue weighted by Crippen LogP contribution is 2.31. The molecule has 0 bridgehead atoms. The van der Waals surface area contributed by atoms with Gasteiger partial charge in [0.25, 0.3) is 11.6 Å². The monoisotopic (exact) mass is 290 g/mol. The zero-order valence-electron chi connectivity index (χ0n) is 10.6. The van der Waals surface area contributed by atoms with Gasteiger partial charge in [-0.1, -0.05) is 29.8 Å². The fourth-order valence-corrected chi connectivity index (χ4v) is 1.97. The number of nitro benzene ring substituents is 1. The van der Waals surface area contributed by atoms with Gasteiger partial charge in [0.2, 0.25) is 0 Å². The van der Waals surface area contributed by atoms with Crippen molar-refractivity contribution in [3.63, 3.8) is 0 Å². The summed E-state index contributed by atoms with van der Waals surface area (Å²) in [5.41, 5.74) is 0.446. The number of nitro groups is 1. The fraction of sp³-hybridized carbons (Fsp3) is 0.0714. The summed E-state index contributed by atoms with van der Waals surface area (Å²) in [6.45, 7) is 0. The third-order valence-electron chi connectivity index (χ3n) is 2.82. The summed E-state index contributed by atoms with van der Waals surface area (Å²) in [4.78, 5) is 24.0.